The lowest BCUT2D eigenvalue weighted by molar-refractivity contribution is 0.0697. The molecular formula is C8H7O2. The summed E-state index contributed by atoms with van der Waals surface area (Å²) in [6.07, 6.45) is 0. The number of hydrogen-bond acceptors (Lipinski definition) is 1. The summed E-state index contributed by atoms with van der Waals surface area (Å²) in [6.45, 7) is 1.84. The SMILES string of the molecule is Cc1c[c]cc(C(=O)O)c1. The van der Waals surface area contributed by atoms with Gasteiger partial charge in [-0.15, -0.1) is 0 Å². The third kappa shape index (κ3) is 1.35. The van der Waals surface area contributed by atoms with Crippen molar-refractivity contribution in [3.8, 4) is 0 Å². The molecule has 0 amide bonds. The van der Waals surface area contributed by atoms with Gasteiger partial charge in [-0.25, -0.2) is 4.79 Å². The zero-order chi connectivity index (χ0) is 7.56. The lowest BCUT2D eigenvalue weighted by Crippen LogP contribution is -1.95. The van der Waals surface area contributed by atoms with Gasteiger partial charge in [0.2, 0.25) is 0 Å². The number of hydrogen-bond donors (Lipinski definition) is 1. The highest BCUT2D eigenvalue weighted by atomic mass is 16.4. The Morgan fingerprint density at radius 1 is 1.60 bits per heavy atom. The van der Waals surface area contributed by atoms with Crippen molar-refractivity contribution in [1.82, 2.24) is 0 Å². The highest BCUT2D eigenvalue weighted by molar-refractivity contribution is 5.87. The number of rotatable bonds is 1. The third-order valence-corrected chi connectivity index (χ3v) is 1.18. The number of aryl methyl sites for hydroxylation is 1. The molecule has 0 aliphatic rings. The first-order valence-electron chi connectivity index (χ1n) is 2.91. The summed E-state index contributed by atoms with van der Waals surface area (Å²) in [6, 6.07) is 7.54. The van der Waals surface area contributed by atoms with E-state index in [2.05, 4.69) is 6.07 Å². The molecule has 2 nitrogen and oxygen atoms in total. The minimum absolute atomic E-state index is 0.292. The molecule has 1 radical (unpaired) electrons. The molecule has 0 unspecified atom stereocenters. The van der Waals surface area contributed by atoms with Crippen molar-refractivity contribution in [3.05, 3.63) is 35.4 Å². The number of carboxylic acids is 1. The molecule has 0 aromatic heterocycles. The summed E-state index contributed by atoms with van der Waals surface area (Å²) in [5.41, 5.74) is 1.21. The van der Waals surface area contributed by atoms with E-state index in [1.807, 2.05) is 6.92 Å². The second kappa shape index (κ2) is 2.52. The van der Waals surface area contributed by atoms with Crippen molar-refractivity contribution in [3.63, 3.8) is 0 Å². The van der Waals surface area contributed by atoms with E-state index in [1.54, 1.807) is 12.1 Å². The molecule has 1 aromatic rings. The number of aromatic carboxylic acids is 1. The highest BCUT2D eigenvalue weighted by Gasteiger charge is 1.99. The lowest BCUT2D eigenvalue weighted by atomic mass is 10.1. The van der Waals surface area contributed by atoms with Gasteiger partial charge in [-0.2, -0.15) is 0 Å². The van der Waals surface area contributed by atoms with Gasteiger partial charge in [0.25, 0.3) is 0 Å². The van der Waals surface area contributed by atoms with Crippen LogP contribution in [-0.4, -0.2) is 11.1 Å². The Kier molecular flexibility index (Phi) is 1.71. The molecule has 0 aliphatic heterocycles. The minimum Gasteiger partial charge on any atom is -0.478 e. The average molecular weight is 135 g/mol. The van der Waals surface area contributed by atoms with E-state index in [-0.39, 0.29) is 0 Å². The fourth-order valence-corrected chi connectivity index (χ4v) is 0.715. The molecule has 1 rings (SSSR count). The molecule has 0 heterocycles. The van der Waals surface area contributed by atoms with Crippen LogP contribution in [0, 0.1) is 13.0 Å². The van der Waals surface area contributed by atoms with Gasteiger partial charge >= 0.3 is 5.97 Å². The largest absolute Gasteiger partial charge is 0.478 e. The van der Waals surface area contributed by atoms with Gasteiger partial charge in [-0.3, -0.25) is 0 Å². The van der Waals surface area contributed by atoms with Crippen LogP contribution in [0.5, 0.6) is 0 Å². The monoisotopic (exact) mass is 135 g/mol. The summed E-state index contributed by atoms with van der Waals surface area (Å²) >= 11 is 0. The maximum Gasteiger partial charge on any atom is 0.335 e. The maximum absolute atomic E-state index is 10.3. The van der Waals surface area contributed by atoms with Crippen LogP contribution in [0.25, 0.3) is 0 Å². The number of benzene rings is 1. The molecule has 0 saturated carbocycles. The van der Waals surface area contributed by atoms with Crippen LogP contribution in [0.1, 0.15) is 15.9 Å². The normalized spacial score (nSPS) is 9.30. The smallest absolute Gasteiger partial charge is 0.335 e. The van der Waals surface area contributed by atoms with Crippen molar-refractivity contribution >= 4 is 5.97 Å². The molecule has 0 aliphatic carbocycles. The van der Waals surface area contributed by atoms with E-state index in [0.717, 1.165) is 5.56 Å². The fraction of sp³-hybridized carbons (Fsp3) is 0.125. The number of carbonyl (C=O) groups is 1. The summed E-state index contributed by atoms with van der Waals surface area (Å²) in [4.78, 5) is 10.3. The fourth-order valence-electron chi connectivity index (χ4n) is 0.715. The van der Waals surface area contributed by atoms with Crippen LogP contribution in [0.4, 0.5) is 0 Å². The van der Waals surface area contributed by atoms with Crippen molar-refractivity contribution < 1.29 is 9.90 Å². The van der Waals surface area contributed by atoms with Crippen LogP contribution in [0.15, 0.2) is 18.2 Å². The highest BCUT2D eigenvalue weighted by Crippen LogP contribution is 2.01. The molecule has 51 valence electrons. The van der Waals surface area contributed by atoms with Crippen LogP contribution in [-0.2, 0) is 0 Å². The second-order valence-corrected chi connectivity index (χ2v) is 2.10. The van der Waals surface area contributed by atoms with Crippen molar-refractivity contribution in [2.75, 3.05) is 0 Å². The molecule has 0 saturated heterocycles. The van der Waals surface area contributed by atoms with Crippen LogP contribution in [0.2, 0.25) is 0 Å². The molecular weight excluding hydrogens is 128 g/mol. The predicted molar refractivity (Wildman–Crippen MR) is 37.0 cm³/mol. The Balaban J connectivity index is 3.07. The molecule has 10 heavy (non-hydrogen) atoms. The van der Waals surface area contributed by atoms with E-state index in [0.29, 0.717) is 5.56 Å². The van der Waals surface area contributed by atoms with Crippen molar-refractivity contribution in [2.24, 2.45) is 0 Å². The van der Waals surface area contributed by atoms with E-state index in [9.17, 15) is 4.79 Å². The Bertz CT molecular complexity index is 253. The molecule has 1 N–H and O–H groups in total. The Morgan fingerprint density at radius 2 is 2.30 bits per heavy atom. The molecule has 1 aromatic carbocycles. The topological polar surface area (TPSA) is 37.3 Å². The first-order valence-corrected chi connectivity index (χ1v) is 2.91. The van der Waals surface area contributed by atoms with E-state index >= 15 is 0 Å². The standard InChI is InChI=1S/C8H7O2/c1-6-3-2-4-7(5-6)8(9)10/h3-5H,1H3,(H,9,10). The predicted octanol–water partition coefficient (Wildman–Crippen LogP) is 1.49. The van der Waals surface area contributed by atoms with Crippen molar-refractivity contribution in [2.45, 2.75) is 6.92 Å². The summed E-state index contributed by atoms with van der Waals surface area (Å²) in [5.74, 6) is -0.903. The van der Waals surface area contributed by atoms with E-state index in [4.69, 9.17) is 5.11 Å². The molecule has 0 bridgehead atoms. The average Bonchev–Trinajstić information content (AvgIpc) is 1.88. The van der Waals surface area contributed by atoms with E-state index in [1.165, 1.54) is 6.07 Å². The van der Waals surface area contributed by atoms with Gasteiger partial charge in [0.05, 0.1) is 5.56 Å². The minimum atomic E-state index is -0.903. The Labute approximate surface area is 59.1 Å². The molecule has 0 atom stereocenters. The third-order valence-electron chi connectivity index (χ3n) is 1.18. The zero-order valence-corrected chi connectivity index (χ0v) is 5.59. The Morgan fingerprint density at radius 3 is 2.70 bits per heavy atom. The maximum atomic E-state index is 10.3. The molecule has 0 fully saturated rings. The van der Waals surface area contributed by atoms with Gasteiger partial charge < -0.3 is 5.11 Å². The first kappa shape index (κ1) is 6.81. The second-order valence-electron chi connectivity index (χ2n) is 2.10. The van der Waals surface area contributed by atoms with E-state index < -0.39 is 5.97 Å². The molecule has 0 spiro atoms. The van der Waals surface area contributed by atoms with Gasteiger partial charge in [0, 0.05) is 0 Å². The summed E-state index contributed by atoms with van der Waals surface area (Å²) in [7, 11) is 0. The van der Waals surface area contributed by atoms with Crippen LogP contribution in [0.3, 0.4) is 0 Å². The quantitative estimate of drug-likeness (QED) is 0.633. The van der Waals surface area contributed by atoms with Gasteiger partial charge in [-0.1, -0.05) is 6.07 Å². The van der Waals surface area contributed by atoms with Gasteiger partial charge in [0.15, 0.2) is 0 Å². The summed E-state index contributed by atoms with van der Waals surface area (Å²) in [5, 5.41) is 8.49. The first-order chi connectivity index (χ1) is 4.70. The number of carboxylic acid groups (broad SMARTS) is 1. The van der Waals surface area contributed by atoms with Crippen LogP contribution < -0.4 is 0 Å². The lowest BCUT2D eigenvalue weighted by Gasteiger charge is -1.93. The summed E-state index contributed by atoms with van der Waals surface area (Å²) < 4.78 is 0. The van der Waals surface area contributed by atoms with Crippen molar-refractivity contribution in [1.29, 1.82) is 0 Å². The van der Waals surface area contributed by atoms with Gasteiger partial charge in [-0.05, 0) is 30.7 Å². The molecule has 2 heteroatoms. The van der Waals surface area contributed by atoms with Gasteiger partial charge in [0.1, 0.15) is 0 Å². The Hall–Kier alpha value is -1.31. The zero-order valence-electron chi connectivity index (χ0n) is 5.59. The van der Waals surface area contributed by atoms with Crippen LogP contribution >= 0.6 is 0 Å².